The minimum absolute atomic E-state index is 0.108. The van der Waals surface area contributed by atoms with Gasteiger partial charge in [-0.15, -0.1) is 0 Å². The molecule has 1 heterocycles. The highest BCUT2D eigenvalue weighted by atomic mass is 32.2. The second-order valence-electron chi connectivity index (χ2n) is 5.86. The molecule has 25 heavy (non-hydrogen) atoms. The molecule has 0 saturated carbocycles. The van der Waals surface area contributed by atoms with Crippen molar-refractivity contribution in [2.75, 3.05) is 12.5 Å². The third-order valence-electron chi connectivity index (χ3n) is 3.48. The third kappa shape index (κ3) is 3.90. The average Bonchev–Trinajstić information content (AvgIpc) is 2.48. The van der Waals surface area contributed by atoms with E-state index in [1.54, 1.807) is 0 Å². The summed E-state index contributed by atoms with van der Waals surface area (Å²) in [6.45, 7) is 0. The highest BCUT2D eigenvalue weighted by molar-refractivity contribution is 7.92. The van der Waals surface area contributed by atoms with E-state index in [9.17, 15) is 18.1 Å². The van der Waals surface area contributed by atoms with Crippen LogP contribution in [-0.2, 0) is 16.1 Å². The fourth-order valence-electron chi connectivity index (χ4n) is 2.50. The van der Waals surface area contributed by atoms with Gasteiger partial charge in [0.25, 0.3) is 0 Å². The highest BCUT2D eigenvalue weighted by Gasteiger charge is 2.14. The minimum atomic E-state index is -2.43. The predicted octanol–water partition coefficient (Wildman–Crippen LogP) is 3.56. The quantitative estimate of drug-likeness (QED) is 0.772. The van der Waals surface area contributed by atoms with Crippen molar-refractivity contribution in [2.45, 2.75) is 6.42 Å². The summed E-state index contributed by atoms with van der Waals surface area (Å²) in [7, 11) is -2.43. The van der Waals surface area contributed by atoms with Gasteiger partial charge in [-0.05, 0) is 12.1 Å². The SMILES string of the molecule is CS(C)(=O)=Nc1cc(F)c2c(Cc3ccc(F)cc3O)ncnc2c1. The summed E-state index contributed by atoms with van der Waals surface area (Å²) in [5, 5.41) is 10.0. The van der Waals surface area contributed by atoms with Crippen molar-refractivity contribution in [3.63, 3.8) is 0 Å². The van der Waals surface area contributed by atoms with Crippen LogP contribution in [0.15, 0.2) is 41.0 Å². The molecule has 0 bridgehead atoms. The summed E-state index contributed by atoms with van der Waals surface area (Å²) < 4.78 is 43.5. The molecule has 0 fully saturated rings. The number of fused-ring (bicyclic) bond motifs is 1. The minimum Gasteiger partial charge on any atom is -0.508 e. The van der Waals surface area contributed by atoms with Gasteiger partial charge in [-0.3, -0.25) is 0 Å². The van der Waals surface area contributed by atoms with Gasteiger partial charge in [-0.2, -0.15) is 4.36 Å². The van der Waals surface area contributed by atoms with Gasteiger partial charge in [0.2, 0.25) is 0 Å². The summed E-state index contributed by atoms with van der Waals surface area (Å²) >= 11 is 0. The van der Waals surface area contributed by atoms with Crippen molar-refractivity contribution in [2.24, 2.45) is 4.36 Å². The van der Waals surface area contributed by atoms with Gasteiger partial charge in [0, 0.05) is 46.4 Å². The van der Waals surface area contributed by atoms with E-state index in [4.69, 9.17) is 0 Å². The average molecular weight is 363 g/mol. The number of aromatic hydroxyl groups is 1. The molecule has 5 nitrogen and oxygen atoms in total. The van der Waals surface area contributed by atoms with Gasteiger partial charge in [-0.25, -0.2) is 23.0 Å². The Bertz CT molecular complexity index is 1080. The maximum absolute atomic E-state index is 14.6. The molecule has 3 rings (SSSR count). The van der Waals surface area contributed by atoms with Crippen molar-refractivity contribution in [3.05, 3.63) is 59.6 Å². The summed E-state index contributed by atoms with van der Waals surface area (Å²) in [5.41, 5.74) is 1.31. The van der Waals surface area contributed by atoms with Gasteiger partial charge in [0.15, 0.2) is 0 Å². The van der Waals surface area contributed by atoms with Crippen LogP contribution in [-0.4, -0.2) is 31.8 Å². The van der Waals surface area contributed by atoms with Crippen LogP contribution in [0.1, 0.15) is 11.3 Å². The third-order valence-corrected chi connectivity index (χ3v) is 4.13. The van der Waals surface area contributed by atoms with Crippen molar-refractivity contribution in [1.29, 1.82) is 0 Å². The molecule has 0 atom stereocenters. The molecule has 8 heteroatoms. The first-order valence-corrected chi connectivity index (χ1v) is 9.64. The number of nitrogens with zero attached hydrogens (tertiary/aromatic N) is 3. The molecule has 0 spiro atoms. The number of halogens is 2. The van der Waals surface area contributed by atoms with E-state index in [0.717, 1.165) is 6.07 Å². The van der Waals surface area contributed by atoms with Gasteiger partial charge in [-0.1, -0.05) is 6.07 Å². The Hall–Kier alpha value is -2.61. The molecule has 1 aromatic heterocycles. The normalized spacial score (nSPS) is 11.7. The molecule has 3 aromatic rings. The zero-order valence-electron chi connectivity index (χ0n) is 13.5. The maximum atomic E-state index is 14.6. The second-order valence-corrected chi connectivity index (χ2v) is 8.41. The molecule has 2 aromatic carbocycles. The van der Waals surface area contributed by atoms with E-state index < -0.39 is 21.4 Å². The lowest BCUT2D eigenvalue weighted by Crippen LogP contribution is -1.98. The first kappa shape index (κ1) is 17.2. The first-order chi connectivity index (χ1) is 11.7. The number of phenols is 1. The first-order valence-electron chi connectivity index (χ1n) is 7.30. The Morgan fingerprint density at radius 3 is 2.60 bits per heavy atom. The van der Waals surface area contributed by atoms with Gasteiger partial charge in [0.05, 0.1) is 22.3 Å². The van der Waals surface area contributed by atoms with E-state index in [2.05, 4.69) is 14.3 Å². The lowest BCUT2D eigenvalue weighted by molar-refractivity contribution is 0.463. The molecule has 1 N–H and O–H groups in total. The smallest absolute Gasteiger partial charge is 0.136 e. The Balaban J connectivity index is 2.12. The Kier molecular flexibility index (Phi) is 4.38. The molecular formula is C17H15F2N3O2S. The topological polar surface area (TPSA) is 75.4 Å². The molecule has 130 valence electrons. The maximum Gasteiger partial charge on any atom is 0.136 e. The summed E-state index contributed by atoms with van der Waals surface area (Å²) in [6.07, 6.45) is 4.29. The van der Waals surface area contributed by atoms with Crippen LogP contribution in [0.4, 0.5) is 14.5 Å². The van der Waals surface area contributed by atoms with Crippen LogP contribution < -0.4 is 0 Å². The molecule has 0 radical (unpaired) electrons. The molecule has 0 aliphatic heterocycles. The van der Waals surface area contributed by atoms with E-state index in [0.29, 0.717) is 16.8 Å². The van der Waals surface area contributed by atoms with Crippen molar-refractivity contribution in [3.8, 4) is 5.75 Å². The van der Waals surface area contributed by atoms with Crippen molar-refractivity contribution in [1.82, 2.24) is 9.97 Å². The molecule has 0 unspecified atom stereocenters. The molecule has 0 aliphatic carbocycles. The number of hydrogen-bond acceptors (Lipinski definition) is 5. The lowest BCUT2D eigenvalue weighted by Gasteiger charge is -2.09. The van der Waals surface area contributed by atoms with Gasteiger partial charge in [0.1, 0.15) is 23.7 Å². The number of rotatable bonds is 3. The summed E-state index contributed by atoms with van der Waals surface area (Å²) in [4.78, 5) is 8.13. The standard InChI is InChI=1S/C17H15F2N3O2S/c1-25(2,24)22-12-7-13(19)17-14(20-9-21-15(17)8-12)5-10-3-4-11(18)6-16(10)23/h3-4,6-9,23H,5H2,1-2H3. The van der Waals surface area contributed by atoms with E-state index in [1.807, 2.05) is 0 Å². The van der Waals surface area contributed by atoms with Crippen molar-refractivity contribution < 1.29 is 18.1 Å². The van der Waals surface area contributed by atoms with Gasteiger partial charge >= 0.3 is 0 Å². The number of benzene rings is 2. The summed E-state index contributed by atoms with van der Waals surface area (Å²) in [6, 6.07) is 6.33. The van der Waals surface area contributed by atoms with Crippen LogP contribution in [0.5, 0.6) is 5.75 Å². The highest BCUT2D eigenvalue weighted by Crippen LogP contribution is 2.28. The van der Waals surface area contributed by atoms with Gasteiger partial charge < -0.3 is 5.11 Å². The monoisotopic (exact) mass is 363 g/mol. The molecule has 0 amide bonds. The van der Waals surface area contributed by atoms with Crippen LogP contribution in [0.25, 0.3) is 10.9 Å². The zero-order chi connectivity index (χ0) is 18.2. The zero-order valence-corrected chi connectivity index (χ0v) is 14.3. The Labute approximate surface area is 143 Å². The largest absolute Gasteiger partial charge is 0.508 e. The van der Waals surface area contributed by atoms with E-state index in [1.165, 1.54) is 43.1 Å². The Morgan fingerprint density at radius 1 is 1.16 bits per heavy atom. The van der Waals surface area contributed by atoms with Crippen LogP contribution in [0.2, 0.25) is 0 Å². The second kappa shape index (κ2) is 6.36. The summed E-state index contributed by atoms with van der Waals surface area (Å²) in [5.74, 6) is -1.39. The van der Waals surface area contributed by atoms with Crippen LogP contribution in [0.3, 0.4) is 0 Å². The molecule has 0 aliphatic rings. The number of hydrogen-bond donors (Lipinski definition) is 1. The number of aromatic nitrogens is 2. The van der Waals surface area contributed by atoms with E-state index in [-0.39, 0.29) is 23.2 Å². The van der Waals surface area contributed by atoms with E-state index >= 15 is 0 Å². The molecular weight excluding hydrogens is 348 g/mol. The Morgan fingerprint density at radius 2 is 1.92 bits per heavy atom. The number of phenolic OH excluding ortho intramolecular Hbond substituents is 1. The fourth-order valence-corrected chi connectivity index (χ4v) is 3.11. The van der Waals surface area contributed by atoms with Crippen LogP contribution >= 0.6 is 0 Å². The van der Waals surface area contributed by atoms with Crippen molar-refractivity contribution >= 4 is 26.3 Å². The fraction of sp³-hybridized carbons (Fsp3) is 0.176. The van der Waals surface area contributed by atoms with Crippen LogP contribution in [0, 0.1) is 11.6 Å². The molecule has 0 saturated heterocycles. The lowest BCUT2D eigenvalue weighted by atomic mass is 10.0. The predicted molar refractivity (Wildman–Crippen MR) is 92.4 cm³/mol.